The highest BCUT2D eigenvalue weighted by Crippen LogP contribution is 2.25. The number of pyridine rings is 1. The molecule has 106 valence electrons. The van der Waals surface area contributed by atoms with Crippen molar-refractivity contribution in [3.05, 3.63) is 58.9 Å². The Bertz CT molecular complexity index is 557. The highest BCUT2D eigenvalue weighted by atomic mass is 35.5. The molecular formula is C15H18ClN3O. The lowest BCUT2D eigenvalue weighted by atomic mass is 10.0. The molecule has 0 bridgehead atoms. The second-order valence-electron chi connectivity index (χ2n) is 4.75. The molecule has 0 aliphatic carbocycles. The number of nitrogens with zero attached hydrogens (tertiary/aromatic N) is 1. The molecule has 0 spiro atoms. The van der Waals surface area contributed by atoms with Crippen molar-refractivity contribution >= 4 is 11.6 Å². The Labute approximate surface area is 123 Å². The first-order chi connectivity index (χ1) is 9.60. The van der Waals surface area contributed by atoms with Crippen molar-refractivity contribution in [1.29, 1.82) is 0 Å². The fourth-order valence-corrected chi connectivity index (χ4v) is 2.09. The smallest absolute Gasteiger partial charge is 0.129 e. The summed E-state index contributed by atoms with van der Waals surface area (Å²) in [5, 5.41) is 0.460. The number of nitrogens with one attached hydrogen (secondary N) is 1. The molecule has 0 aliphatic rings. The fraction of sp³-hybridized carbons (Fsp3) is 0.267. The summed E-state index contributed by atoms with van der Waals surface area (Å²) >= 11 is 5.81. The van der Waals surface area contributed by atoms with E-state index in [1.165, 1.54) is 0 Å². The van der Waals surface area contributed by atoms with Gasteiger partial charge in [0.25, 0.3) is 0 Å². The second-order valence-corrected chi connectivity index (χ2v) is 5.14. The number of nitrogens with two attached hydrogens (primary N) is 1. The van der Waals surface area contributed by atoms with Crippen molar-refractivity contribution < 1.29 is 4.74 Å². The zero-order valence-electron chi connectivity index (χ0n) is 11.5. The maximum atomic E-state index is 5.81. The molecule has 1 aromatic carbocycles. The van der Waals surface area contributed by atoms with Crippen LogP contribution in [-0.2, 0) is 0 Å². The van der Waals surface area contributed by atoms with Gasteiger partial charge < -0.3 is 4.74 Å². The van der Waals surface area contributed by atoms with Crippen LogP contribution in [0.2, 0.25) is 5.15 Å². The molecule has 2 rings (SSSR count). The minimum Gasteiger partial charge on any atom is -0.491 e. The highest BCUT2D eigenvalue weighted by molar-refractivity contribution is 6.29. The molecule has 4 nitrogen and oxygen atoms in total. The van der Waals surface area contributed by atoms with Gasteiger partial charge in [0.05, 0.1) is 12.1 Å². The molecule has 0 fully saturated rings. The van der Waals surface area contributed by atoms with Gasteiger partial charge in [0.15, 0.2) is 0 Å². The van der Waals surface area contributed by atoms with E-state index in [1.54, 1.807) is 12.3 Å². The van der Waals surface area contributed by atoms with Crippen LogP contribution in [0.4, 0.5) is 0 Å². The zero-order chi connectivity index (χ0) is 14.5. The summed E-state index contributed by atoms with van der Waals surface area (Å²) in [4.78, 5) is 4.08. The van der Waals surface area contributed by atoms with Crippen LogP contribution in [0.1, 0.15) is 31.0 Å². The van der Waals surface area contributed by atoms with Gasteiger partial charge in [0.1, 0.15) is 10.9 Å². The molecule has 2 aromatic rings. The van der Waals surface area contributed by atoms with Crippen LogP contribution >= 0.6 is 11.6 Å². The van der Waals surface area contributed by atoms with Gasteiger partial charge in [-0.3, -0.25) is 5.84 Å². The normalized spacial score (nSPS) is 12.4. The first kappa shape index (κ1) is 14.8. The molecule has 20 heavy (non-hydrogen) atoms. The van der Waals surface area contributed by atoms with E-state index >= 15 is 0 Å². The van der Waals surface area contributed by atoms with E-state index in [-0.39, 0.29) is 12.1 Å². The van der Waals surface area contributed by atoms with E-state index in [1.807, 2.05) is 44.2 Å². The summed E-state index contributed by atoms with van der Waals surface area (Å²) in [7, 11) is 0. The van der Waals surface area contributed by atoms with E-state index in [4.69, 9.17) is 22.2 Å². The maximum Gasteiger partial charge on any atom is 0.129 e. The summed E-state index contributed by atoms with van der Waals surface area (Å²) in [5.74, 6) is 6.49. The van der Waals surface area contributed by atoms with E-state index in [9.17, 15) is 0 Å². The van der Waals surface area contributed by atoms with Crippen LogP contribution in [0.15, 0.2) is 42.6 Å². The number of hydrogen-bond acceptors (Lipinski definition) is 4. The molecule has 0 saturated heterocycles. The molecule has 5 heteroatoms. The Balaban J connectivity index is 2.29. The van der Waals surface area contributed by atoms with E-state index in [2.05, 4.69) is 10.4 Å². The van der Waals surface area contributed by atoms with Crippen molar-refractivity contribution in [3.63, 3.8) is 0 Å². The molecule has 1 heterocycles. The average molecular weight is 292 g/mol. The van der Waals surface area contributed by atoms with Gasteiger partial charge in [0.2, 0.25) is 0 Å². The van der Waals surface area contributed by atoms with Crippen LogP contribution in [-0.4, -0.2) is 11.1 Å². The largest absolute Gasteiger partial charge is 0.491 e. The monoisotopic (exact) mass is 291 g/mol. The van der Waals surface area contributed by atoms with Gasteiger partial charge in [-0.1, -0.05) is 29.8 Å². The van der Waals surface area contributed by atoms with Crippen LogP contribution in [0, 0.1) is 0 Å². The first-order valence-electron chi connectivity index (χ1n) is 6.44. The predicted molar refractivity (Wildman–Crippen MR) is 80.6 cm³/mol. The van der Waals surface area contributed by atoms with Gasteiger partial charge in [-0.2, -0.15) is 0 Å². The molecule has 0 aliphatic heterocycles. The summed E-state index contributed by atoms with van der Waals surface area (Å²) in [5.41, 5.74) is 4.75. The van der Waals surface area contributed by atoms with Crippen LogP contribution < -0.4 is 16.0 Å². The Morgan fingerprint density at radius 3 is 2.60 bits per heavy atom. The van der Waals surface area contributed by atoms with Gasteiger partial charge >= 0.3 is 0 Å². The summed E-state index contributed by atoms with van der Waals surface area (Å²) in [6, 6.07) is 11.3. The second kappa shape index (κ2) is 6.70. The third-order valence-electron chi connectivity index (χ3n) is 2.81. The van der Waals surface area contributed by atoms with Gasteiger partial charge in [-0.05, 0) is 43.2 Å². The van der Waals surface area contributed by atoms with Crippen LogP contribution in [0.25, 0.3) is 0 Å². The minimum absolute atomic E-state index is 0.131. The number of halogens is 1. The molecule has 0 amide bonds. The first-order valence-corrected chi connectivity index (χ1v) is 6.82. The van der Waals surface area contributed by atoms with Crippen molar-refractivity contribution in [2.24, 2.45) is 5.84 Å². The molecule has 0 radical (unpaired) electrons. The lowest BCUT2D eigenvalue weighted by molar-refractivity contribution is 0.242. The van der Waals surface area contributed by atoms with Crippen LogP contribution in [0.3, 0.4) is 0 Å². The van der Waals surface area contributed by atoms with Gasteiger partial charge in [-0.15, -0.1) is 0 Å². The Morgan fingerprint density at radius 2 is 2.00 bits per heavy atom. The summed E-state index contributed by atoms with van der Waals surface area (Å²) < 4.78 is 5.70. The summed E-state index contributed by atoms with van der Waals surface area (Å²) in [6.45, 7) is 3.99. The number of ether oxygens (including phenoxy) is 1. The van der Waals surface area contributed by atoms with Gasteiger partial charge in [-0.25, -0.2) is 10.4 Å². The minimum atomic E-state index is -0.157. The zero-order valence-corrected chi connectivity index (χ0v) is 12.3. The topological polar surface area (TPSA) is 60.2 Å². The van der Waals surface area contributed by atoms with Gasteiger partial charge in [0, 0.05) is 6.20 Å². The van der Waals surface area contributed by atoms with Crippen molar-refractivity contribution in [1.82, 2.24) is 10.4 Å². The molecular weight excluding hydrogens is 274 g/mol. The number of aromatic nitrogens is 1. The standard InChI is InChI=1S/C15H18ClN3O/c1-10(2)20-13-5-3-4-11(8-13)15(19-17)12-6-7-14(16)18-9-12/h3-10,15,19H,17H2,1-2H3. The lowest BCUT2D eigenvalue weighted by Crippen LogP contribution is -2.29. The van der Waals surface area contributed by atoms with Crippen LogP contribution in [0.5, 0.6) is 5.75 Å². The Kier molecular flexibility index (Phi) is 4.95. The molecule has 3 N–H and O–H groups in total. The van der Waals surface area contributed by atoms with Crippen molar-refractivity contribution in [3.8, 4) is 5.75 Å². The Hall–Kier alpha value is -1.62. The third kappa shape index (κ3) is 3.70. The third-order valence-corrected chi connectivity index (χ3v) is 3.04. The van der Waals surface area contributed by atoms with E-state index < -0.39 is 0 Å². The van der Waals surface area contributed by atoms with E-state index in [0.717, 1.165) is 16.9 Å². The SMILES string of the molecule is CC(C)Oc1cccc(C(NN)c2ccc(Cl)nc2)c1. The molecule has 0 saturated carbocycles. The average Bonchev–Trinajstić information content (AvgIpc) is 2.41. The summed E-state index contributed by atoms with van der Waals surface area (Å²) in [6.07, 6.45) is 1.84. The number of rotatable bonds is 5. The molecule has 1 atom stereocenters. The molecule has 1 unspecified atom stereocenters. The van der Waals surface area contributed by atoms with Crippen molar-refractivity contribution in [2.75, 3.05) is 0 Å². The quantitative estimate of drug-likeness (QED) is 0.505. The maximum absolute atomic E-state index is 5.81. The molecule has 1 aromatic heterocycles. The van der Waals surface area contributed by atoms with E-state index in [0.29, 0.717) is 5.15 Å². The number of benzene rings is 1. The van der Waals surface area contributed by atoms with Crippen molar-refractivity contribution in [2.45, 2.75) is 26.0 Å². The lowest BCUT2D eigenvalue weighted by Gasteiger charge is -2.18. The fourth-order valence-electron chi connectivity index (χ4n) is 1.98. The number of hydrogen-bond donors (Lipinski definition) is 2. The number of hydrazine groups is 1. The Morgan fingerprint density at radius 1 is 1.20 bits per heavy atom. The highest BCUT2D eigenvalue weighted by Gasteiger charge is 2.13. The predicted octanol–water partition coefficient (Wildman–Crippen LogP) is 3.07.